The van der Waals surface area contributed by atoms with Crippen LogP contribution in [0.5, 0.6) is 0 Å². The largest absolute Gasteiger partial charge is 0.472 e. The predicted octanol–water partition coefficient (Wildman–Crippen LogP) is 9.15. The van der Waals surface area contributed by atoms with Crippen molar-refractivity contribution in [3.63, 3.8) is 0 Å². The zero-order valence-electron chi connectivity index (χ0n) is 39.5. The van der Waals surface area contributed by atoms with E-state index in [1.807, 2.05) is 0 Å². The topological polar surface area (TPSA) is 226 Å². The minimum atomic E-state index is -5.12. The van der Waals surface area contributed by atoms with Crippen LogP contribution in [0.25, 0.3) is 0 Å². The number of phosphoric ester groups is 1. The van der Waals surface area contributed by atoms with Crippen molar-refractivity contribution in [1.29, 1.82) is 0 Å². The number of amides is 1. The van der Waals surface area contributed by atoms with Gasteiger partial charge in [-0.3, -0.25) is 13.8 Å². The highest BCUT2D eigenvalue weighted by Gasteiger charge is 2.51. The number of aliphatic hydroxyl groups is 7. The summed E-state index contributed by atoms with van der Waals surface area (Å²) in [4.78, 5) is 23.5. The number of unbranched alkanes of at least 4 members (excludes halogenated alkanes) is 26. The Morgan fingerprint density at radius 3 is 1.38 bits per heavy atom. The van der Waals surface area contributed by atoms with Crippen LogP contribution in [0.1, 0.15) is 219 Å². The zero-order chi connectivity index (χ0) is 46.6. The van der Waals surface area contributed by atoms with Crippen LogP contribution in [-0.4, -0.2) is 108 Å². The Labute approximate surface area is 382 Å². The quantitative estimate of drug-likeness (QED) is 0.0159. The lowest BCUT2D eigenvalue weighted by molar-refractivity contribution is -0.220. The fraction of sp³-hybridized carbons (Fsp3) is 0.898. The highest BCUT2D eigenvalue weighted by molar-refractivity contribution is 7.47. The minimum absolute atomic E-state index is 0.225. The standard InChI is InChI=1S/C49H94NO12P/c1-3-5-7-9-11-13-15-17-19-21-22-24-26-28-30-32-34-36-40(51)38-43(53)50-41(39-61-63(59,60)62-49-47(57)45(55)44(54)46(56)48(49)58)42(52)37-35-33-31-29-27-25-23-20-18-16-14-12-10-8-6-4-2/h11,13,15,17,40-42,44-49,51-52,54-58H,3-10,12,14,16,18-39H2,1-2H3,(H,50,53)(H,59,60)/b13-11-,17-15-. The van der Waals surface area contributed by atoms with Crippen molar-refractivity contribution in [1.82, 2.24) is 5.32 Å². The van der Waals surface area contributed by atoms with Crippen molar-refractivity contribution in [2.24, 2.45) is 0 Å². The fourth-order valence-corrected chi connectivity index (χ4v) is 9.15. The summed E-state index contributed by atoms with van der Waals surface area (Å²) in [7, 11) is -5.12. The van der Waals surface area contributed by atoms with Crippen LogP contribution in [0, 0.1) is 0 Å². The number of carbonyl (C=O) groups excluding carboxylic acids is 1. The predicted molar refractivity (Wildman–Crippen MR) is 252 cm³/mol. The van der Waals surface area contributed by atoms with Gasteiger partial charge in [0.05, 0.1) is 31.3 Å². The van der Waals surface area contributed by atoms with Crippen LogP contribution in [0.15, 0.2) is 24.3 Å². The average molecular weight is 920 g/mol. The summed E-state index contributed by atoms with van der Waals surface area (Å²) in [6, 6.07) is -1.16. The normalized spacial score (nSPS) is 23.0. The third-order valence-electron chi connectivity index (χ3n) is 12.3. The Morgan fingerprint density at radius 2 is 0.921 bits per heavy atom. The molecule has 1 saturated carbocycles. The molecule has 63 heavy (non-hydrogen) atoms. The molecule has 1 rings (SSSR count). The molecule has 0 aliphatic heterocycles. The van der Waals surface area contributed by atoms with Gasteiger partial charge in [0.1, 0.15) is 36.6 Å². The maximum absolute atomic E-state index is 13.1. The van der Waals surface area contributed by atoms with Crippen LogP contribution in [0.4, 0.5) is 0 Å². The second kappa shape index (κ2) is 38.8. The molecule has 14 heteroatoms. The number of hydrogen-bond donors (Lipinski definition) is 9. The highest BCUT2D eigenvalue weighted by atomic mass is 31.2. The van der Waals surface area contributed by atoms with E-state index in [2.05, 4.69) is 43.5 Å². The maximum Gasteiger partial charge on any atom is 0.472 e. The van der Waals surface area contributed by atoms with Gasteiger partial charge in [0.2, 0.25) is 5.91 Å². The lowest BCUT2D eigenvalue weighted by atomic mass is 9.85. The number of aliphatic hydroxyl groups excluding tert-OH is 7. The minimum Gasteiger partial charge on any atom is -0.393 e. The number of allylic oxidation sites excluding steroid dienone is 4. The lowest BCUT2D eigenvalue weighted by Crippen LogP contribution is -2.64. The van der Waals surface area contributed by atoms with Gasteiger partial charge in [-0.25, -0.2) is 4.57 Å². The van der Waals surface area contributed by atoms with Gasteiger partial charge in [0, 0.05) is 0 Å². The molecular weight excluding hydrogens is 826 g/mol. The van der Waals surface area contributed by atoms with Crippen molar-refractivity contribution < 1.29 is 59.0 Å². The molecule has 0 radical (unpaired) electrons. The van der Waals surface area contributed by atoms with Crippen LogP contribution in [0.2, 0.25) is 0 Å². The molecule has 0 aromatic rings. The van der Waals surface area contributed by atoms with Crippen molar-refractivity contribution in [3.05, 3.63) is 24.3 Å². The summed E-state index contributed by atoms with van der Waals surface area (Å²) in [5.41, 5.74) is 0. The number of nitrogens with one attached hydrogen (secondary N) is 1. The number of rotatable bonds is 42. The van der Waals surface area contributed by atoms with E-state index < -0.39 is 75.2 Å². The molecule has 0 bridgehead atoms. The van der Waals surface area contributed by atoms with Crippen molar-refractivity contribution >= 4 is 13.7 Å². The summed E-state index contributed by atoms with van der Waals surface area (Å²) in [6.45, 7) is 3.78. The average Bonchev–Trinajstić information content (AvgIpc) is 3.26. The lowest BCUT2D eigenvalue weighted by Gasteiger charge is -2.41. The fourth-order valence-electron chi connectivity index (χ4n) is 8.18. The molecule has 0 aromatic heterocycles. The third kappa shape index (κ3) is 30.6. The molecule has 372 valence electrons. The highest BCUT2D eigenvalue weighted by Crippen LogP contribution is 2.47. The number of phosphoric acid groups is 1. The number of carbonyl (C=O) groups is 1. The Kier molecular flexibility index (Phi) is 36.9. The molecule has 0 spiro atoms. The summed E-state index contributed by atoms with van der Waals surface area (Å²) >= 11 is 0. The Morgan fingerprint density at radius 1 is 0.556 bits per heavy atom. The monoisotopic (exact) mass is 920 g/mol. The van der Waals surface area contributed by atoms with Gasteiger partial charge in [-0.1, -0.05) is 199 Å². The molecule has 1 aliphatic rings. The molecule has 8 atom stereocenters. The van der Waals surface area contributed by atoms with Gasteiger partial charge in [0.15, 0.2) is 0 Å². The van der Waals surface area contributed by atoms with E-state index in [1.165, 1.54) is 116 Å². The Bertz CT molecular complexity index is 1180. The molecule has 1 amide bonds. The first kappa shape index (κ1) is 59.8. The van der Waals surface area contributed by atoms with E-state index in [0.717, 1.165) is 64.2 Å². The first-order chi connectivity index (χ1) is 30.3. The SMILES string of the molecule is CCCCC/C=C\C=C/CCCCCCCCCCC(O)CC(=O)NC(COP(=O)(O)OC1C(O)C(O)C(O)C(O)C1O)C(O)CCCCCCCCCCCCCCCCCC. The zero-order valence-corrected chi connectivity index (χ0v) is 40.4. The molecule has 0 heterocycles. The van der Waals surface area contributed by atoms with E-state index in [-0.39, 0.29) is 12.8 Å². The number of hydrogen-bond acceptors (Lipinski definition) is 11. The molecule has 13 nitrogen and oxygen atoms in total. The van der Waals surface area contributed by atoms with Crippen molar-refractivity contribution in [3.8, 4) is 0 Å². The third-order valence-corrected chi connectivity index (χ3v) is 13.3. The van der Waals surface area contributed by atoms with Gasteiger partial charge in [0.25, 0.3) is 0 Å². The second-order valence-electron chi connectivity index (χ2n) is 18.2. The van der Waals surface area contributed by atoms with Gasteiger partial charge < -0.3 is 46.0 Å². The van der Waals surface area contributed by atoms with Crippen LogP contribution in [-0.2, 0) is 18.4 Å². The van der Waals surface area contributed by atoms with Gasteiger partial charge in [-0.2, -0.15) is 0 Å². The summed E-state index contributed by atoms with van der Waals surface area (Å²) in [5, 5.41) is 74.8. The maximum atomic E-state index is 13.1. The first-order valence-corrected chi connectivity index (χ1v) is 26.9. The van der Waals surface area contributed by atoms with E-state index in [1.54, 1.807) is 0 Å². The first-order valence-electron chi connectivity index (χ1n) is 25.4. The van der Waals surface area contributed by atoms with Gasteiger partial charge in [-0.15, -0.1) is 0 Å². The van der Waals surface area contributed by atoms with E-state index >= 15 is 0 Å². The van der Waals surface area contributed by atoms with Crippen LogP contribution < -0.4 is 5.32 Å². The van der Waals surface area contributed by atoms with Gasteiger partial charge >= 0.3 is 7.82 Å². The summed E-state index contributed by atoms with van der Waals surface area (Å²) in [5.74, 6) is -0.563. The molecule has 0 aromatic carbocycles. The molecule has 8 unspecified atom stereocenters. The summed E-state index contributed by atoms with van der Waals surface area (Å²) < 4.78 is 23.0. The molecular formula is C49H94NO12P. The molecule has 1 fully saturated rings. The summed E-state index contributed by atoms with van der Waals surface area (Å²) in [6.07, 6.45) is 29.2. The van der Waals surface area contributed by atoms with Crippen LogP contribution in [0.3, 0.4) is 0 Å². The van der Waals surface area contributed by atoms with Crippen molar-refractivity contribution in [2.45, 2.75) is 274 Å². The van der Waals surface area contributed by atoms with E-state index in [9.17, 15) is 50.0 Å². The molecule has 9 N–H and O–H groups in total. The Hall–Kier alpha value is -1.22. The van der Waals surface area contributed by atoms with E-state index in [4.69, 9.17) is 9.05 Å². The molecule has 1 aliphatic carbocycles. The van der Waals surface area contributed by atoms with Gasteiger partial charge in [-0.05, 0) is 38.5 Å². The van der Waals surface area contributed by atoms with Crippen LogP contribution >= 0.6 is 7.82 Å². The Balaban J connectivity index is 2.48. The smallest absolute Gasteiger partial charge is 0.393 e. The second-order valence-corrected chi connectivity index (χ2v) is 19.6. The van der Waals surface area contributed by atoms with Crippen molar-refractivity contribution in [2.75, 3.05) is 6.61 Å². The molecule has 0 saturated heterocycles. The van der Waals surface area contributed by atoms with E-state index in [0.29, 0.717) is 12.8 Å².